The van der Waals surface area contributed by atoms with Crippen LogP contribution in [-0.2, 0) is 4.79 Å². The number of pyridine rings is 1. The molecule has 0 saturated heterocycles. The molecule has 1 atom stereocenters. The standard InChI is InChI=1S/C16H28O.C5H5N/c1-3-5-7-9-14-11-15(10-8-6-4-2)13-16(17)12-14;1-2-4-6-5-3-1/h12,15H,3-11,13H2,1-2H3;1-5H. The Hall–Kier alpha value is -1.44. The highest BCUT2D eigenvalue weighted by atomic mass is 16.1. The molecule has 1 unspecified atom stereocenters. The third-order valence-corrected chi connectivity index (χ3v) is 4.29. The van der Waals surface area contributed by atoms with Crippen molar-refractivity contribution in [1.82, 2.24) is 4.98 Å². The lowest BCUT2D eigenvalue weighted by molar-refractivity contribution is -0.116. The minimum atomic E-state index is 0.379. The summed E-state index contributed by atoms with van der Waals surface area (Å²) in [5.74, 6) is 1.03. The van der Waals surface area contributed by atoms with Crippen LogP contribution in [0.25, 0.3) is 0 Å². The van der Waals surface area contributed by atoms with Crippen molar-refractivity contribution in [3.05, 3.63) is 42.2 Å². The van der Waals surface area contributed by atoms with Crippen molar-refractivity contribution in [2.45, 2.75) is 78.1 Å². The number of carbonyl (C=O) groups excluding carboxylic acids is 1. The van der Waals surface area contributed by atoms with E-state index in [1.54, 1.807) is 12.4 Å². The Bertz CT molecular complexity index is 412. The van der Waals surface area contributed by atoms with E-state index in [4.69, 9.17) is 0 Å². The minimum absolute atomic E-state index is 0.379. The van der Waals surface area contributed by atoms with Gasteiger partial charge in [-0.25, -0.2) is 0 Å². The first-order valence-corrected chi connectivity index (χ1v) is 9.33. The molecule has 0 radical (unpaired) electrons. The Morgan fingerprint density at radius 3 is 2.22 bits per heavy atom. The molecule has 2 rings (SSSR count). The van der Waals surface area contributed by atoms with E-state index < -0.39 is 0 Å². The maximum atomic E-state index is 11.7. The summed E-state index contributed by atoms with van der Waals surface area (Å²) in [4.78, 5) is 15.5. The van der Waals surface area contributed by atoms with Crippen molar-refractivity contribution in [2.24, 2.45) is 5.92 Å². The number of hydrogen-bond donors (Lipinski definition) is 0. The van der Waals surface area contributed by atoms with E-state index in [0.29, 0.717) is 11.7 Å². The highest BCUT2D eigenvalue weighted by molar-refractivity contribution is 5.91. The van der Waals surface area contributed by atoms with Gasteiger partial charge in [-0.05, 0) is 49.8 Å². The largest absolute Gasteiger partial charge is 0.295 e. The third-order valence-electron chi connectivity index (χ3n) is 4.29. The van der Waals surface area contributed by atoms with Crippen molar-refractivity contribution in [3.8, 4) is 0 Å². The number of carbonyl (C=O) groups is 1. The van der Waals surface area contributed by atoms with Gasteiger partial charge in [0.25, 0.3) is 0 Å². The highest BCUT2D eigenvalue weighted by Crippen LogP contribution is 2.29. The smallest absolute Gasteiger partial charge is 0.155 e. The zero-order chi connectivity index (χ0) is 16.8. The predicted molar refractivity (Wildman–Crippen MR) is 98.3 cm³/mol. The van der Waals surface area contributed by atoms with Gasteiger partial charge in [-0.15, -0.1) is 0 Å². The van der Waals surface area contributed by atoms with E-state index in [9.17, 15) is 4.79 Å². The van der Waals surface area contributed by atoms with Gasteiger partial charge in [-0.2, -0.15) is 0 Å². The minimum Gasteiger partial charge on any atom is -0.295 e. The maximum Gasteiger partial charge on any atom is 0.155 e. The van der Waals surface area contributed by atoms with Gasteiger partial charge >= 0.3 is 0 Å². The number of ketones is 1. The first-order chi connectivity index (χ1) is 11.3. The van der Waals surface area contributed by atoms with E-state index >= 15 is 0 Å². The maximum absolute atomic E-state index is 11.7. The van der Waals surface area contributed by atoms with E-state index in [-0.39, 0.29) is 0 Å². The quantitative estimate of drug-likeness (QED) is 0.540. The molecule has 128 valence electrons. The Labute approximate surface area is 142 Å². The van der Waals surface area contributed by atoms with Gasteiger partial charge in [-0.1, -0.05) is 57.6 Å². The predicted octanol–water partition coefficient (Wildman–Crippen LogP) is 6.13. The molecule has 1 aliphatic carbocycles. The van der Waals surface area contributed by atoms with Crippen LogP contribution in [0, 0.1) is 5.92 Å². The number of rotatable bonds is 8. The summed E-state index contributed by atoms with van der Waals surface area (Å²) in [7, 11) is 0. The van der Waals surface area contributed by atoms with Crippen molar-refractivity contribution in [2.75, 3.05) is 0 Å². The SMILES string of the molecule is CCCCCC1=CC(=O)CC(CCCCC)C1.c1ccncc1. The summed E-state index contributed by atoms with van der Waals surface area (Å²) >= 11 is 0. The monoisotopic (exact) mass is 315 g/mol. The molecule has 0 spiro atoms. The van der Waals surface area contributed by atoms with E-state index in [0.717, 1.165) is 12.8 Å². The average Bonchev–Trinajstić information content (AvgIpc) is 2.57. The second-order valence-electron chi connectivity index (χ2n) is 6.52. The summed E-state index contributed by atoms with van der Waals surface area (Å²) in [6, 6.07) is 5.72. The number of aromatic nitrogens is 1. The second kappa shape index (κ2) is 13.0. The summed E-state index contributed by atoms with van der Waals surface area (Å²) < 4.78 is 0. The highest BCUT2D eigenvalue weighted by Gasteiger charge is 2.19. The van der Waals surface area contributed by atoms with Gasteiger partial charge in [0.15, 0.2) is 5.78 Å². The van der Waals surface area contributed by atoms with Crippen LogP contribution in [0.5, 0.6) is 0 Å². The molecular weight excluding hydrogens is 282 g/mol. The van der Waals surface area contributed by atoms with E-state index in [1.807, 2.05) is 24.3 Å². The fourth-order valence-electron chi connectivity index (χ4n) is 3.05. The molecule has 0 aliphatic heterocycles. The average molecular weight is 316 g/mol. The summed E-state index contributed by atoms with van der Waals surface area (Å²) in [6.07, 6.45) is 17.6. The first kappa shape index (κ1) is 19.6. The zero-order valence-electron chi connectivity index (χ0n) is 15.0. The number of unbranched alkanes of at least 4 members (excludes halogenated alkanes) is 4. The van der Waals surface area contributed by atoms with Crippen LogP contribution in [0.3, 0.4) is 0 Å². The molecule has 2 heteroatoms. The molecule has 0 saturated carbocycles. The van der Waals surface area contributed by atoms with Crippen LogP contribution in [0.2, 0.25) is 0 Å². The Kier molecular flexibility index (Phi) is 11.1. The molecule has 1 aromatic heterocycles. The van der Waals surface area contributed by atoms with E-state index in [2.05, 4.69) is 18.8 Å². The van der Waals surface area contributed by atoms with Gasteiger partial charge in [0, 0.05) is 18.8 Å². The first-order valence-electron chi connectivity index (χ1n) is 9.33. The van der Waals surface area contributed by atoms with Gasteiger partial charge < -0.3 is 0 Å². The second-order valence-corrected chi connectivity index (χ2v) is 6.52. The zero-order valence-corrected chi connectivity index (χ0v) is 15.0. The van der Waals surface area contributed by atoms with Crippen molar-refractivity contribution in [3.63, 3.8) is 0 Å². The number of nitrogens with zero attached hydrogens (tertiary/aromatic N) is 1. The summed E-state index contributed by atoms with van der Waals surface area (Å²) in [5.41, 5.74) is 1.43. The lowest BCUT2D eigenvalue weighted by Gasteiger charge is -2.22. The van der Waals surface area contributed by atoms with Gasteiger partial charge in [-0.3, -0.25) is 9.78 Å². The Morgan fingerprint density at radius 2 is 1.65 bits per heavy atom. The van der Waals surface area contributed by atoms with Crippen molar-refractivity contribution >= 4 is 5.78 Å². The summed E-state index contributed by atoms with van der Waals surface area (Å²) in [6.45, 7) is 4.47. The third kappa shape index (κ3) is 10.0. The molecular formula is C21H33NO. The van der Waals surface area contributed by atoms with Gasteiger partial charge in [0.1, 0.15) is 0 Å². The van der Waals surface area contributed by atoms with Crippen LogP contribution >= 0.6 is 0 Å². The number of hydrogen-bond acceptors (Lipinski definition) is 2. The molecule has 0 aromatic carbocycles. The van der Waals surface area contributed by atoms with Gasteiger partial charge in [0.05, 0.1) is 0 Å². The van der Waals surface area contributed by atoms with Crippen LogP contribution in [0.4, 0.5) is 0 Å². The Balaban J connectivity index is 0.000000366. The van der Waals surface area contributed by atoms with Crippen LogP contribution in [0.15, 0.2) is 42.2 Å². The molecule has 0 N–H and O–H groups in total. The molecule has 1 heterocycles. The topological polar surface area (TPSA) is 30.0 Å². The molecule has 1 aliphatic rings. The van der Waals surface area contributed by atoms with Crippen LogP contribution < -0.4 is 0 Å². The molecule has 23 heavy (non-hydrogen) atoms. The van der Waals surface area contributed by atoms with Gasteiger partial charge in [0.2, 0.25) is 0 Å². The molecule has 2 nitrogen and oxygen atoms in total. The lowest BCUT2D eigenvalue weighted by Crippen LogP contribution is -2.14. The van der Waals surface area contributed by atoms with Crippen LogP contribution in [-0.4, -0.2) is 10.8 Å². The molecule has 0 fully saturated rings. The fourth-order valence-corrected chi connectivity index (χ4v) is 3.05. The normalized spacial score (nSPS) is 17.2. The fraction of sp³-hybridized carbons (Fsp3) is 0.619. The van der Waals surface area contributed by atoms with Crippen molar-refractivity contribution in [1.29, 1.82) is 0 Å². The van der Waals surface area contributed by atoms with E-state index in [1.165, 1.54) is 56.9 Å². The Morgan fingerprint density at radius 1 is 0.957 bits per heavy atom. The molecule has 0 amide bonds. The number of allylic oxidation sites excluding steroid dienone is 2. The molecule has 0 bridgehead atoms. The summed E-state index contributed by atoms with van der Waals surface area (Å²) in [5, 5.41) is 0. The van der Waals surface area contributed by atoms with Crippen molar-refractivity contribution < 1.29 is 4.79 Å². The van der Waals surface area contributed by atoms with Crippen LogP contribution in [0.1, 0.15) is 78.1 Å². The lowest BCUT2D eigenvalue weighted by atomic mass is 9.83. The molecule has 1 aromatic rings.